The molecule has 0 aromatic rings. The zero-order valence-electron chi connectivity index (χ0n) is 11.9. The third-order valence-corrected chi connectivity index (χ3v) is 3.34. The Morgan fingerprint density at radius 2 is 1.74 bits per heavy atom. The van der Waals surface area contributed by atoms with Crippen molar-refractivity contribution in [2.45, 2.75) is 64.3 Å². The van der Waals surface area contributed by atoms with Gasteiger partial charge in [-0.15, -0.1) is 0 Å². The van der Waals surface area contributed by atoms with Gasteiger partial charge in [0, 0.05) is 5.75 Å². The smallest absolute Gasteiger partial charge is 0.329 e. The summed E-state index contributed by atoms with van der Waals surface area (Å²) in [4.78, 5) is 21.7. The minimum atomic E-state index is -0.630. The number of nitrogens with one attached hydrogen (secondary N) is 1. The molecular formula is C14H27NO3S. The molecule has 112 valence electrons. The van der Waals surface area contributed by atoms with Gasteiger partial charge in [0.1, 0.15) is 6.04 Å². The third-order valence-electron chi connectivity index (χ3n) is 2.98. The van der Waals surface area contributed by atoms with E-state index >= 15 is 0 Å². The number of hydrogen-bond donors (Lipinski definition) is 2. The van der Waals surface area contributed by atoms with Gasteiger partial charge in [-0.25, -0.2) is 4.79 Å². The molecule has 0 aromatic heterocycles. The highest BCUT2D eigenvalue weighted by atomic mass is 32.1. The van der Waals surface area contributed by atoms with Crippen LogP contribution in [0.2, 0.25) is 0 Å². The molecule has 0 fully saturated rings. The molecule has 5 heteroatoms. The highest BCUT2D eigenvalue weighted by molar-refractivity contribution is 7.80. The van der Waals surface area contributed by atoms with E-state index < -0.39 is 12.0 Å². The molecule has 0 aliphatic rings. The Labute approximate surface area is 122 Å². The van der Waals surface area contributed by atoms with Crippen molar-refractivity contribution in [3.05, 3.63) is 0 Å². The van der Waals surface area contributed by atoms with Crippen molar-refractivity contribution in [1.82, 2.24) is 5.32 Å². The first-order valence-electron chi connectivity index (χ1n) is 7.23. The second-order valence-electron chi connectivity index (χ2n) is 4.66. The molecule has 0 spiro atoms. The van der Waals surface area contributed by atoms with Gasteiger partial charge < -0.3 is 10.1 Å². The second-order valence-corrected chi connectivity index (χ2v) is 5.03. The molecule has 1 amide bonds. The summed E-state index contributed by atoms with van der Waals surface area (Å²) in [6.45, 7) is 2.64. The Morgan fingerprint density at radius 1 is 1.16 bits per heavy atom. The van der Waals surface area contributed by atoms with E-state index in [4.69, 9.17) is 4.74 Å². The van der Waals surface area contributed by atoms with Crippen LogP contribution in [0.4, 0.5) is 0 Å². The number of esters is 1. The Bertz CT molecular complexity index is 237. The number of ether oxygens (including phenoxy) is 1. The van der Waals surface area contributed by atoms with Gasteiger partial charge in [0.25, 0.3) is 0 Å². The Morgan fingerprint density at radius 3 is 2.26 bits per heavy atom. The normalized spacial score (nSPS) is 11.9. The van der Waals surface area contributed by atoms with E-state index in [0.29, 0.717) is 13.0 Å². The van der Waals surface area contributed by atoms with Crippen molar-refractivity contribution in [2.75, 3.05) is 12.4 Å². The van der Waals surface area contributed by atoms with Crippen molar-refractivity contribution >= 4 is 25.0 Å². The van der Waals surface area contributed by atoms with Gasteiger partial charge in [-0.2, -0.15) is 12.6 Å². The predicted octanol–water partition coefficient (Wildman–Crippen LogP) is 2.71. The molecule has 4 nitrogen and oxygen atoms in total. The van der Waals surface area contributed by atoms with Crippen LogP contribution in [-0.4, -0.2) is 30.8 Å². The molecule has 0 aromatic carbocycles. The van der Waals surface area contributed by atoms with Crippen LogP contribution in [-0.2, 0) is 14.3 Å². The second kappa shape index (κ2) is 13.7. The van der Waals surface area contributed by atoms with Gasteiger partial charge in [0.05, 0.1) is 6.61 Å². The molecule has 0 bridgehead atoms. The fraction of sp³-hybridized carbons (Fsp3) is 0.857. The largest absolute Gasteiger partial charge is 0.464 e. The average Bonchev–Trinajstić information content (AvgIpc) is 2.42. The lowest BCUT2D eigenvalue weighted by Crippen LogP contribution is -2.38. The van der Waals surface area contributed by atoms with Crippen molar-refractivity contribution in [1.29, 1.82) is 0 Å². The van der Waals surface area contributed by atoms with Crippen molar-refractivity contribution in [3.63, 3.8) is 0 Å². The molecule has 0 heterocycles. The summed E-state index contributed by atoms with van der Waals surface area (Å²) < 4.78 is 5.08. The number of thiol groups is 1. The fourth-order valence-corrected chi connectivity index (χ4v) is 2.04. The first-order valence-corrected chi connectivity index (χ1v) is 7.86. The lowest BCUT2D eigenvalue weighted by molar-refractivity contribution is -0.146. The summed E-state index contributed by atoms with van der Waals surface area (Å²) in [7, 11) is 0. The lowest BCUT2D eigenvalue weighted by atomic mass is 10.1. The molecule has 1 atom stereocenters. The van der Waals surface area contributed by atoms with Crippen LogP contribution in [0.25, 0.3) is 0 Å². The highest BCUT2D eigenvalue weighted by Crippen LogP contribution is 2.08. The van der Waals surface area contributed by atoms with Crippen molar-refractivity contribution in [3.8, 4) is 0 Å². The standard InChI is InChI=1S/C14H27NO3S/c1-2-3-4-5-6-7-8-9-10-18-14(17)13(11-19)15-12-16/h12-13,19H,2-11H2,1H3,(H,15,16)/t13-/m0/s1. The van der Waals surface area contributed by atoms with Crippen LogP contribution in [0.3, 0.4) is 0 Å². The fourth-order valence-electron chi connectivity index (χ4n) is 1.79. The van der Waals surface area contributed by atoms with Crippen molar-refractivity contribution < 1.29 is 14.3 Å². The van der Waals surface area contributed by atoms with Crippen LogP contribution >= 0.6 is 12.6 Å². The zero-order valence-corrected chi connectivity index (χ0v) is 12.8. The quantitative estimate of drug-likeness (QED) is 0.237. The van der Waals surface area contributed by atoms with Gasteiger partial charge in [0.15, 0.2) is 0 Å². The topological polar surface area (TPSA) is 55.4 Å². The van der Waals surface area contributed by atoms with Crippen LogP contribution in [0, 0.1) is 0 Å². The number of carbonyl (C=O) groups is 2. The van der Waals surface area contributed by atoms with E-state index in [0.717, 1.165) is 12.8 Å². The summed E-state index contributed by atoms with van der Waals surface area (Å²) in [5.74, 6) is -0.139. The summed E-state index contributed by atoms with van der Waals surface area (Å²) in [5.41, 5.74) is 0. The van der Waals surface area contributed by atoms with Crippen LogP contribution in [0.5, 0.6) is 0 Å². The summed E-state index contributed by atoms with van der Waals surface area (Å²) in [6, 6.07) is -0.630. The molecule has 1 N–H and O–H groups in total. The maximum absolute atomic E-state index is 11.5. The van der Waals surface area contributed by atoms with E-state index in [-0.39, 0.29) is 5.75 Å². The van der Waals surface area contributed by atoms with Crippen LogP contribution in [0.1, 0.15) is 58.3 Å². The lowest BCUT2D eigenvalue weighted by Gasteiger charge is -2.12. The molecule has 0 unspecified atom stereocenters. The SMILES string of the molecule is CCCCCCCCCCOC(=O)[C@H](CS)NC=O. The molecule has 0 saturated heterocycles. The minimum absolute atomic E-state index is 0.259. The van der Waals surface area contributed by atoms with Gasteiger partial charge in [-0.3, -0.25) is 4.79 Å². The molecule has 0 aliphatic heterocycles. The van der Waals surface area contributed by atoms with E-state index in [9.17, 15) is 9.59 Å². The zero-order chi connectivity index (χ0) is 14.3. The highest BCUT2D eigenvalue weighted by Gasteiger charge is 2.16. The van der Waals surface area contributed by atoms with Gasteiger partial charge >= 0.3 is 5.97 Å². The average molecular weight is 289 g/mol. The minimum Gasteiger partial charge on any atom is -0.464 e. The number of hydrogen-bond acceptors (Lipinski definition) is 4. The predicted molar refractivity (Wildman–Crippen MR) is 80.4 cm³/mol. The molecular weight excluding hydrogens is 262 g/mol. The van der Waals surface area contributed by atoms with Gasteiger partial charge in [-0.05, 0) is 6.42 Å². The van der Waals surface area contributed by atoms with E-state index in [1.807, 2.05) is 0 Å². The summed E-state index contributed by atoms with van der Waals surface area (Å²) >= 11 is 3.99. The maximum Gasteiger partial charge on any atom is 0.329 e. The number of amides is 1. The Balaban J connectivity index is 3.38. The van der Waals surface area contributed by atoms with E-state index in [1.165, 1.54) is 38.5 Å². The van der Waals surface area contributed by atoms with Crippen molar-refractivity contribution in [2.24, 2.45) is 0 Å². The summed E-state index contributed by atoms with van der Waals surface area (Å²) in [5, 5.41) is 2.38. The van der Waals surface area contributed by atoms with Crippen LogP contribution < -0.4 is 5.32 Å². The monoisotopic (exact) mass is 289 g/mol. The molecule has 0 aliphatic carbocycles. The van der Waals surface area contributed by atoms with E-state index in [2.05, 4.69) is 24.9 Å². The molecule has 19 heavy (non-hydrogen) atoms. The number of carbonyl (C=O) groups excluding carboxylic acids is 2. The number of unbranched alkanes of at least 4 members (excludes halogenated alkanes) is 7. The maximum atomic E-state index is 11.5. The van der Waals surface area contributed by atoms with Gasteiger partial charge in [0.2, 0.25) is 6.41 Å². The first kappa shape index (κ1) is 18.3. The van der Waals surface area contributed by atoms with E-state index in [1.54, 1.807) is 0 Å². The van der Waals surface area contributed by atoms with Crippen LogP contribution in [0.15, 0.2) is 0 Å². The number of rotatable bonds is 13. The summed E-state index contributed by atoms with van der Waals surface area (Å²) in [6.07, 6.45) is 10.2. The molecule has 0 rings (SSSR count). The first-order chi connectivity index (χ1) is 9.26. The molecule has 0 saturated carbocycles. The third kappa shape index (κ3) is 10.9. The Kier molecular flexibility index (Phi) is 13.2. The van der Waals surface area contributed by atoms with Gasteiger partial charge in [-0.1, -0.05) is 51.9 Å². The Hall–Kier alpha value is -0.710. The molecule has 0 radical (unpaired) electrons.